The van der Waals surface area contributed by atoms with Crippen molar-refractivity contribution in [1.29, 1.82) is 0 Å². The number of anilines is 1. The van der Waals surface area contributed by atoms with Gasteiger partial charge in [0.05, 0.1) is 15.7 Å². The largest absolute Gasteiger partial charge is 0.319 e. The van der Waals surface area contributed by atoms with Crippen LogP contribution < -0.4 is 5.32 Å². The second-order valence-corrected chi connectivity index (χ2v) is 7.77. The van der Waals surface area contributed by atoms with Crippen LogP contribution in [0.2, 0.25) is 10.0 Å². The zero-order chi connectivity index (χ0) is 21.3. The molecule has 0 unspecified atom stereocenters. The molecule has 4 aromatic rings. The lowest BCUT2D eigenvalue weighted by molar-refractivity contribution is 0.101. The second kappa shape index (κ2) is 8.30. The van der Waals surface area contributed by atoms with E-state index in [4.69, 9.17) is 23.2 Å². The molecular weight excluding hydrogens is 419 g/mol. The predicted octanol–water partition coefficient (Wildman–Crippen LogP) is 6.11. The average Bonchev–Trinajstić information content (AvgIpc) is 3.16. The minimum Gasteiger partial charge on any atom is -0.319 e. The molecule has 7 heteroatoms. The smallest absolute Gasteiger partial charge is 0.295 e. The van der Waals surface area contributed by atoms with Crippen molar-refractivity contribution < 1.29 is 4.79 Å². The first kappa shape index (κ1) is 20.1. The van der Waals surface area contributed by atoms with Gasteiger partial charge in [0.25, 0.3) is 5.91 Å². The molecule has 1 N–H and O–H groups in total. The van der Waals surface area contributed by atoms with Crippen molar-refractivity contribution >= 4 is 34.8 Å². The van der Waals surface area contributed by atoms with Gasteiger partial charge >= 0.3 is 0 Å². The number of aryl methyl sites for hydroxylation is 2. The first-order chi connectivity index (χ1) is 14.4. The fourth-order valence-corrected chi connectivity index (χ4v) is 3.30. The molecule has 0 atom stereocenters. The van der Waals surface area contributed by atoms with Crippen LogP contribution in [0.4, 0.5) is 5.69 Å². The molecule has 0 saturated carbocycles. The normalized spacial score (nSPS) is 10.8. The monoisotopic (exact) mass is 436 g/mol. The maximum Gasteiger partial charge on any atom is 0.295 e. The van der Waals surface area contributed by atoms with E-state index in [9.17, 15) is 4.79 Å². The van der Waals surface area contributed by atoms with Crippen LogP contribution in [0.5, 0.6) is 0 Å². The summed E-state index contributed by atoms with van der Waals surface area (Å²) >= 11 is 12.3. The summed E-state index contributed by atoms with van der Waals surface area (Å²) < 4.78 is 1.60. The molecular formula is C23H18Cl2N4O. The predicted molar refractivity (Wildman–Crippen MR) is 121 cm³/mol. The molecule has 0 fully saturated rings. The van der Waals surface area contributed by atoms with E-state index in [0.29, 0.717) is 27.2 Å². The topological polar surface area (TPSA) is 59.8 Å². The van der Waals surface area contributed by atoms with E-state index in [0.717, 1.165) is 16.7 Å². The Hall–Kier alpha value is -3.15. The van der Waals surface area contributed by atoms with Gasteiger partial charge in [0.15, 0.2) is 5.82 Å². The van der Waals surface area contributed by atoms with Gasteiger partial charge in [0.1, 0.15) is 0 Å². The number of benzene rings is 3. The summed E-state index contributed by atoms with van der Waals surface area (Å²) in [5.74, 6) is 0.189. The highest BCUT2D eigenvalue weighted by molar-refractivity contribution is 6.42. The van der Waals surface area contributed by atoms with Crippen LogP contribution in [-0.2, 0) is 0 Å². The molecule has 0 aliphatic rings. The van der Waals surface area contributed by atoms with Crippen LogP contribution >= 0.6 is 23.2 Å². The summed E-state index contributed by atoms with van der Waals surface area (Å²) in [7, 11) is 0. The third kappa shape index (κ3) is 4.22. The molecule has 5 nitrogen and oxygen atoms in total. The number of carbonyl (C=O) groups excluding carboxylic acids is 1. The summed E-state index contributed by atoms with van der Waals surface area (Å²) in [6.45, 7) is 3.97. The SMILES string of the molecule is Cc1ccc(-c2nc(C(=O)Nc3cccc(C)c3)nn2-c2ccc(Cl)c(Cl)c2)cc1. The Labute approximate surface area is 184 Å². The third-order valence-corrected chi connectivity index (χ3v) is 5.28. The fourth-order valence-electron chi connectivity index (χ4n) is 3.00. The lowest BCUT2D eigenvalue weighted by Crippen LogP contribution is -2.14. The average molecular weight is 437 g/mol. The van der Waals surface area contributed by atoms with Crippen molar-refractivity contribution in [2.45, 2.75) is 13.8 Å². The molecule has 1 amide bonds. The standard InChI is InChI=1S/C23H18Cl2N4O/c1-14-6-8-16(9-7-14)22-27-21(23(30)26-17-5-3-4-15(2)12-17)28-29(22)18-10-11-19(24)20(25)13-18/h3-13H,1-2H3,(H,26,30). The number of hydrogen-bond donors (Lipinski definition) is 1. The van der Waals surface area contributed by atoms with Crippen molar-refractivity contribution in [2.75, 3.05) is 5.32 Å². The number of aromatic nitrogens is 3. The highest BCUT2D eigenvalue weighted by Gasteiger charge is 2.19. The highest BCUT2D eigenvalue weighted by atomic mass is 35.5. The van der Waals surface area contributed by atoms with E-state index in [1.165, 1.54) is 0 Å². The molecule has 3 aromatic carbocycles. The zero-order valence-electron chi connectivity index (χ0n) is 16.4. The van der Waals surface area contributed by atoms with E-state index in [1.807, 2.05) is 62.4 Å². The van der Waals surface area contributed by atoms with Crippen molar-refractivity contribution in [3.8, 4) is 17.1 Å². The van der Waals surface area contributed by atoms with E-state index in [2.05, 4.69) is 15.4 Å². The highest BCUT2D eigenvalue weighted by Crippen LogP contribution is 2.27. The number of carbonyl (C=O) groups is 1. The Kier molecular flexibility index (Phi) is 5.57. The van der Waals surface area contributed by atoms with Crippen molar-refractivity contribution in [2.24, 2.45) is 0 Å². The van der Waals surface area contributed by atoms with Crippen LogP contribution in [0.15, 0.2) is 66.7 Å². The molecule has 0 bridgehead atoms. The number of halogens is 2. The molecule has 0 saturated heterocycles. The van der Waals surface area contributed by atoms with Gasteiger partial charge in [-0.2, -0.15) is 0 Å². The van der Waals surface area contributed by atoms with Gasteiger partial charge in [-0.15, -0.1) is 5.10 Å². The fraction of sp³-hybridized carbons (Fsp3) is 0.0870. The van der Waals surface area contributed by atoms with Gasteiger partial charge in [-0.3, -0.25) is 4.79 Å². The summed E-state index contributed by atoms with van der Waals surface area (Å²) in [5, 5.41) is 8.14. The number of nitrogens with zero attached hydrogens (tertiary/aromatic N) is 3. The maximum absolute atomic E-state index is 12.8. The van der Waals surface area contributed by atoms with E-state index >= 15 is 0 Å². The number of amides is 1. The van der Waals surface area contributed by atoms with Gasteiger partial charge in [-0.25, -0.2) is 9.67 Å². The summed E-state index contributed by atoms with van der Waals surface area (Å²) in [6, 6.07) is 20.5. The summed E-state index contributed by atoms with van der Waals surface area (Å²) in [4.78, 5) is 17.4. The first-order valence-corrected chi connectivity index (χ1v) is 10.0. The molecule has 1 aromatic heterocycles. The van der Waals surface area contributed by atoms with Gasteiger partial charge < -0.3 is 5.32 Å². The lowest BCUT2D eigenvalue weighted by Gasteiger charge is -2.07. The third-order valence-electron chi connectivity index (χ3n) is 4.54. The molecule has 4 rings (SSSR count). The van der Waals surface area contributed by atoms with E-state index < -0.39 is 5.91 Å². The van der Waals surface area contributed by atoms with Gasteiger partial charge in [0, 0.05) is 11.3 Å². The van der Waals surface area contributed by atoms with Gasteiger partial charge in [0.2, 0.25) is 5.82 Å². The quantitative estimate of drug-likeness (QED) is 0.419. The summed E-state index contributed by atoms with van der Waals surface area (Å²) in [6.07, 6.45) is 0. The first-order valence-electron chi connectivity index (χ1n) is 9.28. The van der Waals surface area contributed by atoms with E-state index in [-0.39, 0.29) is 5.82 Å². The van der Waals surface area contributed by atoms with Crippen LogP contribution in [0.1, 0.15) is 21.7 Å². The minimum atomic E-state index is -0.396. The number of hydrogen-bond acceptors (Lipinski definition) is 3. The van der Waals surface area contributed by atoms with Crippen LogP contribution in [0.25, 0.3) is 17.1 Å². The van der Waals surface area contributed by atoms with Gasteiger partial charge in [-0.1, -0.05) is 65.2 Å². The second-order valence-electron chi connectivity index (χ2n) is 6.96. The lowest BCUT2D eigenvalue weighted by atomic mass is 10.1. The molecule has 0 radical (unpaired) electrons. The Bertz CT molecular complexity index is 1230. The summed E-state index contributed by atoms with van der Waals surface area (Å²) in [5.41, 5.74) is 4.33. The molecule has 1 heterocycles. The molecule has 150 valence electrons. The number of nitrogens with one attached hydrogen (secondary N) is 1. The Morgan fingerprint density at radius 1 is 0.900 bits per heavy atom. The molecule has 0 spiro atoms. The van der Waals surface area contributed by atoms with E-state index in [1.54, 1.807) is 22.9 Å². The molecule has 0 aliphatic carbocycles. The molecule has 30 heavy (non-hydrogen) atoms. The van der Waals surface area contributed by atoms with Crippen molar-refractivity contribution in [3.63, 3.8) is 0 Å². The van der Waals surface area contributed by atoms with Crippen LogP contribution in [0, 0.1) is 13.8 Å². The van der Waals surface area contributed by atoms with Crippen LogP contribution in [0.3, 0.4) is 0 Å². The Morgan fingerprint density at radius 2 is 1.67 bits per heavy atom. The van der Waals surface area contributed by atoms with Gasteiger partial charge in [-0.05, 0) is 49.7 Å². The maximum atomic E-state index is 12.8. The Morgan fingerprint density at radius 3 is 2.37 bits per heavy atom. The Balaban J connectivity index is 1.77. The minimum absolute atomic E-state index is 0.0538. The molecule has 0 aliphatic heterocycles. The number of rotatable bonds is 4. The van der Waals surface area contributed by atoms with Crippen LogP contribution in [-0.4, -0.2) is 20.7 Å². The zero-order valence-corrected chi connectivity index (χ0v) is 17.9. The van der Waals surface area contributed by atoms with Crippen molar-refractivity contribution in [1.82, 2.24) is 14.8 Å². The van der Waals surface area contributed by atoms with Crippen molar-refractivity contribution in [3.05, 3.63) is 93.7 Å².